The zero-order valence-electron chi connectivity index (χ0n) is 36.9. The molecule has 0 heterocycles. The molecule has 0 saturated heterocycles. The topological polar surface area (TPSA) is 3.24 Å². The van der Waals surface area contributed by atoms with Crippen LogP contribution in [0.3, 0.4) is 0 Å². The summed E-state index contributed by atoms with van der Waals surface area (Å²) in [5.41, 5.74) is 19.3. The van der Waals surface area contributed by atoms with Crippen LogP contribution in [0.2, 0.25) is 0 Å². The van der Waals surface area contributed by atoms with Gasteiger partial charge in [0.25, 0.3) is 0 Å². The molecule has 13 rings (SSSR count). The summed E-state index contributed by atoms with van der Waals surface area (Å²) in [6.45, 7) is 9.84. The fourth-order valence-electron chi connectivity index (χ4n) is 12.5. The Morgan fingerprint density at radius 2 is 0.781 bits per heavy atom. The minimum absolute atomic E-state index is 0.0132. The maximum absolute atomic E-state index is 2.61. The van der Waals surface area contributed by atoms with Crippen LogP contribution in [0.4, 0.5) is 17.1 Å². The van der Waals surface area contributed by atoms with Crippen LogP contribution in [0.25, 0.3) is 65.7 Å². The molecule has 306 valence electrons. The highest BCUT2D eigenvalue weighted by Crippen LogP contribution is 2.65. The van der Waals surface area contributed by atoms with Gasteiger partial charge in [-0.25, -0.2) is 0 Å². The number of nitrogens with zero attached hydrogens (tertiary/aromatic N) is 1. The minimum atomic E-state index is -0.482. The van der Waals surface area contributed by atoms with Crippen molar-refractivity contribution in [3.63, 3.8) is 0 Å². The summed E-state index contributed by atoms with van der Waals surface area (Å²) < 4.78 is 0. The predicted molar refractivity (Wildman–Crippen MR) is 271 cm³/mol. The van der Waals surface area contributed by atoms with E-state index in [1.54, 1.807) is 0 Å². The molecule has 0 amide bonds. The average molecular weight is 820 g/mol. The summed E-state index contributed by atoms with van der Waals surface area (Å²) in [7, 11) is 0. The molecule has 0 atom stereocenters. The lowest BCUT2D eigenvalue weighted by Crippen LogP contribution is -2.34. The first-order valence-corrected chi connectivity index (χ1v) is 23.1. The van der Waals surface area contributed by atoms with E-state index in [1.807, 2.05) is 0 Å². The maximum Gasteiger partial charge on any atom is 0.0726 e. The van der Waals surface area contributed by atoms with Crippen LogP contribution in [-0.2, 0) is 16.2 Å². The maximum atomic E-state index is 2.61. The van der Waals surface area contributed by atoms with Crippen LogP contribution in [-0.4, -0.2) is 0 Å². The molecule has 1 spiro atoms. The molecule has 64 heavy (non-hydrogen) atoms. The molecule has 0 N–H and O–H groups in total. The van der Waals surface area contributed by atoms with Gasteiger partial charge in [-0.3, -0.25) is 0 Å². The summed E-state index contributed by atoms with van der Waals surface area (Å²) in [6, 6.07) is 76.1. The van der Waals surface area contributed by atoms with Crippen molar-refractivity contribution in [2.24, 2.45) is 0 Å². The van der Waals surface area contributed by atoms with E-state index in [-0.39, 0.29) is 10.8 Å². The monoisotopic (exact) mass is 819 g/mol. The fourth-order valence-corrected chi connectivity index (χ4v) is 12.5. The highest BCUT2D eigenvalue weighted by Gasteiger charge is 2.52. The molecule has 3 aliphatic carbocycles. The van der Waals surface area contributed by atoms with Crippen molar-refractivity contribution in [1.82, 2.24) is 0 Å². The van der Waals surface area contributed by atoms with Crippen molar-refractivity contribution in [3.8, 4) is 33.4 Å². The lowest BCUT2D eigenvalue weighted by molar-refractivity contribution is 0.333. The van der Waals surface area contributed by atoms with Gasteiger partial charge in [-0.05, 0) is 154 Å². The number of benzene rings is 10. The van der Waals surface area contributed by atoms with Crippen LogP contribution >= 0.6 is 0 Å². The summed E-state index contributed by atoms with van der Waals surface area (Å²) in [4.78, 5) is 2.57. The van der Waals surface area contributed by atoms with Gasteiger partial charge in [0.1, 0.15) is 0 Å². The molecule has 1 heteroatoms. The van der Waals surface area contributed by atoms with Gasteiger partial charge in [0.15, 0.2) is 0 Å². The zero-order chi connectivity index (χ0) is 43.0. The zero-order valence-corrected chi connectivity index (χ0v) is 36.9. The molecule has 10 aromatic rings. The first-order chi connectivity index (χ1) is 31.3. The summed E-state index contributed by atoms with van der Waals surface area (Å²) in [6.07, 6.45) is 2.30. The second-order valence-corrected chi connectivity index (χ2v) is 19.8. The molecular weight excluding hydrogens is 771 g/mol. The third-order valence-corrected chi connectivity index (χ3v) is 15.5. The Bertz CT molecular complexity index is 3490. The minimum Gasteiger partial charge on any atom is -0.310 e. The second-order valence-electron chi connectivity index (χ2n) is 19.8. The Hall–Kier alpha value is -7.22. The quantitative estimate of drug-likeness (QED) is 0.160. The Morgan fingerprint density at radius 1 is 0.312 bits per heavy atom. The third-order valence-electron chi connectivity index (χ3n) is 15.5. The lowest BCUT2D eigenvalue weighted by Gasteiger charge is -2.43. The smallest absolute Gasteiger partial charge is 0.0726 e. The SMILES string of the molecule is CC1(C)CCC(C)(C)c2c(-c3cc4c(cc3N(c3ccccc3)c3ccc5c6ccccc6c6ccccc6c5c3)C3(c5ccccc5-c5ccccc53)c3ccccc3-4)cccc21. The van der Waals surface area contributed by atoms with Crippen LogP contribution < -0.4 is 4.90 Å². The molecule has 0 aliphatic heterocycles. The van der Waals surface area contributed by atoms with Crippen molar-refractivity contribution in [2.45, 2.75) is 56.8 Å². The molecule has 0 aromatic heterocycles. The molecule has 0 bridgehead atoms. The molecule has 3 aliphatic rings. The molecule has 10 aromatic carbocycles. The predicted octanol–water partition coefficient (Wildman–Crippen LogP) is 17.0. The molecular formula is C63H49N. The van der Waals surface area contributed by atoms with E-state index in [1.165, 1.54) is 105 Å². The molecule has 0 unspecified atom stereocenters. The molecule has 0 saturated carbocycles. The fraction of sp³-hybridized carbons (Fsp3) is 0.143. The van der Waals surface area contributed by atoms with E-state index >= 15 is 0 Å². The van der Waals surface area contributed by atoms with Crippen LogP contribution in [0.1, 0.15) is 73.9 Å². The number of hydrogen-bond acceptors (Lipinski definition) is 1. The highest BCUT2D eigenvalue weighted by molar-refractivity contribution is 6.26. The summed E-state index contributed by atoms with van der Waals surface area (Å²) >= 11 is 0. The van der Waals surface area contributed by atoms with Gasteiger partial charge in [-0.15, -0.1) is 0 Å². The Kier molecular flexibility index (Phi) is 7.82. The van der Waals surface area contributed by atoms with E-state index in [9.17, 15) is 0 Å². The number of para-hydroxylation sites is 1. The van der Waals surface area contributed by atoms with Crippen molar-refractivity contribution in [1.29, 1.82) is 0 Å². The van der Waals surface area contributed by atoms with E-state index in [0.29, 0.717) is 0 Å². The van der Waals surface area contributed by atoms with Crippen LogP contribution in [0, 0.1) is 0 Å². The molecule has 1 nitrogen and oxygen atoms in total. The molecule has 0 radical (unpaired) electrons. The second kappa shape index (κ2) is 13.4. The van der Waals surface area contributed by atoms with Gasteiger partial charge < -0.3 is 4.90 Å². The first-order valence-electron chi connectivity index (χ1n) is 23.1. The van der Waals surface area contributed by atoms with Gasteiger partial charge in [-0.1, -0.05) is 191 Å². The first kappa shape index (κ1) is 37.3. The van der Waals surface area contributed by atoms with Gasteiger partial charge in [0.2, 0.25) is 0 Å². The molecule has 0 fully saturated rings. The number of rotatable bonds is 4. The Morgan fingerprint density at radius 3 is 1.39 bits per heavy atom. The third kappa shape index (κ3) is 5.01. The standard InChI is InChI=1S/C63H49N/c1-61(2)35-36-62(3,4)60-50(28-18-32-57(60)61)53-38-52-49-27-14-17-31-56(49)63(54-29-15-12-25-47(54)48-26-13-16-30-55(48)63)58(52)39-59(53)64(40-19-6-5-7-20-40)41-33-34-46-44-23-9-8-21-42(44)43-22-10-11-24-45(43)51(46)37-41/h5-34,37-39H,35-36H2,1-4H3. The summed E-state index contributed by atoms with van der Waals surface area (Å²) in [5, 5.41) is 7.67. The average Bonchev–Trinajstić information content (AvgIpc) is 3.80. The van der Waals surface area contributed by atoms with Gasteiger partial charge in [0, 0.05) is 16.9 Å². The largest absolute Gasteiger partial charge is 0.310 e. The van der Waals surface area contributed by atoms with Crippen molar-refractivity contribution in [2.75, 3.05) is 4.90 Å². The Balaban J connectivity index is 1.19. The van der Waals surface area contributed by atoms with E-state index in [2.05, 4.69) is 233 Å². The van der Waals surface area contributed by atoms with Crippen LogP contribution in [0.15, 0.2) is 200 Å². The lowest BCUT2D eigenvalue weighted by atomic mass is 9.61. The summed E-state index contributed by atoms with van der Waals surface area (Å²) in [5.74, 6) is 0. The van der Waals surface area contributed by atoms with E-state index in [4.69, 9.17) is 0 Å². The van der Waals surface area contributed by atoms with Crippen LogP contribution in [0.5, 0.6) is 0 Å². The van der Waals surface area contributed by atoms with Gasteiger partial charge in [-0.2, -0.15) is 0 Å². The van der Waals surface area contributed by atoms with E-state index < -0.39 is 5.41 Å². The van der Waals surface area contributed by atoms with Crippen molar-refractivity contribution < 1.29 is 0 Å². The van der Waals surface area contributed by atoms with Gasteiger partial charge in [0.05, 0.1) is 11.1 Å². The number of hydrogen-bond donors (Lipinski definition) is 0. The van der Waals surface area contributed by atoms with Crippen molar-refractivity contribution in [3.05, 3.63) is 234 Å². The Labute approximate surface area is 376 Å². The number of fused-ring (bicyclic) bond motifs is 17. The number of anilines is 3. The highest BCUT2D eigenvalue weighted by atomic mass is 15.1. The van der Waals surface area contributed by atoms with Crippen molar-refractivity contribution >= 4 is 49.4 Å². The van der Waals surface area contributed by atoms with E-state index in [0.717, 1.165) is 24.2 Å². The normalized spacial score (nSPS) is 15.8. The van der Waals surface area contributed by atoms with Gasteiger partial charge >= 0.3 is 0 Å².